The Bertz CT molecular complexity index is 821. The van der Waals surface area contributed by atoms with Crippen molar-refractivity contribution >= 4 is 29.7 Å². The maximum Gasteiger partial charge on any atom is 0.328 e. The van der Waals surface area contributed by atoms with E-state index in [1.807, 2.05) is 0 Å². The van der Waals surface area contributed by atoms with Gasteiger partial charge < -0.3 is 20.9 Å². The van der Waals surface area contributed by atoms with Crippen LogP contribution in [0.3, 0.4) is 0 Å². The zero-order valence-corrected chi connectivity index (χ0v) is 22.8. The number of urea groups is 1. The number of carbonyl (C=O) groups excluding carboxylic acids is 3. The van der Waals surface area contributed by atoms with Gasteiger partial charge in [0.25, 0.3) is 0 Å². The highest BCUT2D eigenvalue weighted by molar-refractivity contribution is 5.91. The number of nitrogens with two attached hydrogens (primary N) is 1. The van der Waals surface area contributed by atoms with Crippen molar-refractivity contribution in [2.24, 2.45) is 5.73 Å². The number of hydrogen-bond acceptors (Lipinski definition) is 6. The highest BCUT2D eigenvalue weighted by Gasteiger charge is 2.26. The lowest BCUT2D eigenvalue weighted by molar-refractivity contribution is -0.153. The number of nitrogens with zero attached hydrogens (tertiary/aromatic N) is 1. The Morgan fingerprint density at radius 1 is 0.921 bits per heavy atom. The van der Waals surface area contributed by atoms with E-state index in [0.29, 0.717) is 12.2 Å². The van der Waals surface area contributed by atoms with Crippen LogP contribution in [-0.2, 0) is 19.1 Å². The van der Waals surface area contributed by atoms with Crippen LogP contribution in [0.1, 0.15) is 110 Å². The van der Waals surface area contributed by atoms with Crippen LogP contribution in [0.15, 0.2) is 24.4 Å². The Balaban J connectivity index is 2.52. The fourth-order valence-electron chi connectivity index (χ4n) is 4.16. The van der Waals surface area contributed by atoms with Crippen LogP contribution in [0.2, 0.25) is 0 Å². The van der Waals surface area contributed by atoms with Crippen molar-refractivity contribution in [2.75, 3.05) is 5.32 Å². The van der Waals surface area contributed by atoms with Gasteiger partial charge in [-0.3, -0.25) is 14.9 Å². The second kappa shape index (κ2) is 20.8. The van der Waals surface area contributed by atoms with Crippen molar-refractivity contribution in [3.05, 3.63) is 24.4 Å². The zero-order chi connectivity index (χ0) is 28.0. The number of unbranched alkanes of at least 4 members (excludes halogenated alkanes) is 10. The molecule has 0 aliphatic heterocycles. The van der Waals surface area contributed by atoms with Gasteiger partial charge in [0.05, 0.1) is 6.42 Å². The second-order valence-corrected chi connectivity index (χ2v) is 9.71. The van der Waals surface area contributed by atoms with Gasteiger partial charge in [0.2, 0.25) is 5.91 Å². The predicted octanol–water partition coefficient (Wildman–Crippen LogP) is 5.31. The maximum absolute atomic E-state index is 12.9. The molecule has 10 heteroatoms. The molecule has 1 aromatic rings. The summed E-state index contributed by atoms with van der Waals surface area (Å²) in [5.41, 5.74) is 5.37. The molecule has 1 rings (SSSR count). The largest absolute Gasteiger partial charge is 0.481 e. The fourth-order valence-corrected chi connectivity index (χ4v) is 4.16. The number of carboxylic acids is 1. The van der Waals surface area contributed by atoms with E-state index >= 15 is 0 Å². The molecule has 0 radical (unpaired) electrons. The first-order valence-corrected chi connectivity index (χ1v) is 14.0. The Hall–Kier alpha value is -3.17. The van der Waals surface area contributed by atoms with Gasteiger partial charge in [0.1, 0.15) is 18.0 Å². The molecule has 0 spiro atoms. The van der Waals surface area contributed by atoms with Gasteiger partial charge in [0.15, 0.2) is 0 Å². The number of amides is 3. The molecular formula is C28H46N4O6. The molecule has 2 atom stereocenters. The van der Waals surface area contributed by atoms with Crippen molar-refractivity contribution in [3.8, 4) is 0 Å². The summed E-state index contributed by atoms with van der Waals surface area (Å²) in [6.45, 7) is 2.22. The van der Waals surface area contributed by atoms with Gasteiger partial charge in [0, 0.05) is 12.6 Å². The number of nitrogens with one attached hydrogen (secondary N) is 2. The van der Waals surface area contributed by atoms with Gasteiger partial charge >= 0.3 is 18.0 Å². The Labute approximate surface area is 226 Å². The van der Waals surface area contributed by atoms with Crippen LogP contribution in [0, 0.1) is 0 Å². The highest BCUT2D eigenvalue weighted by atomic mass is 16.5. The topological polar surface area (TPSA) is 161 Å². The first-order valence-electron chi connectivity index (χ1n) is 14.0. The molecule has 0 fully saturated rings. The molecule has 1 aromatic heterocycles. The van der Waals surface area contributed by atoms with E-state index in [-0.39, 0.29) is 25.7 Å². The van der Waals surface area contributed by atoms with E-state index in [1.165, 1.54) is 51.1 Å². The molecule has 0 saturated heterocycles. The number of hydrogen-bond donors (Lipinski definition) is 4. The number of primary amides is 1. The third-order valence-electron chi connectivity index (χ3n) is 6.22. The zero-order valence-electron chi connectivity index (χ0n) is 22.8. The molecule has 0 bridgehead atoms. The lowest BCUT2D eigenvalue weighted by Crippen LogP contribution is -2.45. The summed E-state index contributed by atoms with van der Waals surface area (Å²) in [7, 11) is 0. The van der Waals surface area contributed by atoms with E-state index in [0.717, 1.165) is 25.7 Å². The second-order valence-electron chi connectivity index (χ2n) is 9.71. The van der Waals surface area contributed by atoms with Crippen LogP contribution in [0.25, 0.3) is 0 Å². The van der Waals surface area contributed by atoms with Crippen LogP contribution in [0.5, 0.6) is 0 Å². The molecular weight excluding hydrogens is 488 g/mol. The van der Waals surface area contributed by atoms with Gasteiger partial charge in [-0.05, 0) is 37.8 Å². The number of pyridine rings is 1. The van der Waals surface area contributed by atoms with Gasteiger partial charge in [-0.2, -0.15) is 0 Å². The lowest BCUT2D eigenvalue weighted by Gasteiger charge is -2.22. The summed E-state index contributed by atoms with van der Waals surface area (Å²) in [6.07, 6.45) is 14.3. The van der Waals surface area contributed by atoms with Crippen LogP contribution < -0.4 is 16.4 Å². The molecule has 3 amide bonds. The average Bonchev–Trinajstić information content (AvgIpc) is 2.86. The van der Waals surface area contributed by atoms with E-state index in [2.05, 4.69) is 22.5 Å². The molecule has 0 aliphatic rings. The van der Waals surface area contributed by atoms with Crippen LogP contribution in [0.4, 0.5) is 10.6 Å². The molecule has 38 heavy (non-hydrogen) atoms. The lowest BCUT2D eigenvalue weighted by atomic mass is 10.0. The Morgan fingerprint density at radius 3 is 2.11 bits per heavy atom. The smallest absolute Gasteiger partial charge is 0.328 e. The van der Waals surface area contributed by atoms with Crippen molar-refractivity contribution in [1.29, 1.82) is 0 Å². The van der Waals surface area contributed by atoms with Crippen LogP contribution in [-0.4, -0.2) is 46.1 Å². The Kier molecular flexibility index (Phi) is 18.0. The summed E-state index contributed by atoms with van der Waals surface area (Å²) in [6, 6.07) is 3.24. The summed E-state index contributed by atoms with van der Waals surface area (Å²) in [5.74, 6) is -2.00. The minimum atomic E-state index is -1.08. The number of anilines is 1. The van der Waals surface area contributed by atoms with E-state index < -0.39 is 36.0 Å². The Morgan fingerprint density at radius 2 is 1.55 bits per heavy atom. The number of ether oxygens (including phenoxy) is 1. The number of carboxylic acid groups (broad SMARTS) is 1. The first kappa shape index (κ1) is 32.9. The van der Waals surface area contributed by atoms with E-state index in [4.69, 9.17) is 15.6 Å². The van der Waals surface area contributed by atoms with Gasteiger partial charge in [-0.1, -0.05) is 77.2 Å². The van der Waals surface area contributed by atoms with Crippen molar-refractivity contribution in [2.45, 2.75) is 122 Å². The normalized spacial score (nSPS) is 12.3. The molecule has 5 N–H and O–H groups in total. The molecule has 10 nitrogen and oxygen atoms in total. The molecule has 1 heterocycles. The van der Waals surface area contributed by atoms with E-state index in [1.54, 1.807) is 18.2 Å². The van der Waals surface area contributed by atoms with Crippen LogP contribution >= 0.6 is 0 Å². The minimum Gasteiger partial charge on any atom is -0.481 e. The third-order valence-corrected chi connectivity index (χ3v) is 6.22. The van der Waals surface area contributed by atoms with Crippen molar-refractivity contribution in [3.63, 3.8) is 0 Å². The highest BCUT2D eigenvalue weighted by Crippen LogP contribution is 2.16. The maximum atomic E-state index is 12.9. The molecule has 214 valence electrons. The van der Waals surface area contributed by atoms with Gasteiger partial charge in [-0.25, -0.2) is 14.6 Å². The quantitative estimate of drug-likeness (QED) is 0.116. The molecule has 0 saturated carbocycles. The number of aliphatic carboxylic acids is 1. The monoisotopic (exact) mass is 534 g/mol. The number of rotatable bonds is 22. The summed E-state index contributed by atoms with van der Waals surface area (Å²) >= 11 is 0. The number of aromatic nitrogens is 1. The molecule has 2 unspecified atom stereocenters. The van der Waals surface area contributed by atoms with Crippen molar-refractivity contribution < 1.29 is 29.0 Å². The number of carbonyl (C=O) groups is 4. The average molecular weight is 535 g/mol. The van der Waals surface area contributed by atoms with Gasteiger partial charge in [-0.15, -0.1) is 0 Å². The van der Waals surface area contributed by atoms with E-state index in [9.17, 15) is 19.2 Å². The number of esters is 1. The van der Waals surface area contributed by atoms with Crippen molar-refractivity contribution in [1.82, 2.24) is 10.3 Å². The standard InChI is InChI=1S/C28H46N4O6/c1-2-3-4-5-6-7-8-9-10-11-12-16-22(21-24(29)33)38-27(36)23(17-15-19-26(34)35)31-28(37)32-25-18-13-14-20-30-25/h13-14,18,20,22-23H,2-12,15-17,19,21H2,1H3,(H2,29,33)(H,34,35)(H2,30,31,32,37). The molecule has 0 aromatic carbocycles. The minimum absolute atomic E-state index is 0.0719. The fraction of sp³-hybridized carbons (Fsp3) is 0.679. The summed E-state index contributed by atoms with van der Waals surface area (Å²) in [5, 5.41) is 14.0. The summed E-state index contributed by atoms with van der Waals surface area (Å²) < 4.78 is 5.58. The first-order chi connectivity index (χ1) is 18.3. The SMILES string of the molecule is CCCCCCCCCCCCCC(CC(N)=O)OC(=O)C(CCCC(=O)O)NC(=O)Nc1ccccn1. The third kappa shape index (κ3) is 17.3. The summed E-state index contributed by atoms with van der Waals surface area (Å²) in [4.78, 5) is 51.8. The predicted molar refractivity (Wildman–Crippen MR) is 146 cm³/mol. The molecule has 0 aliphatic carbocycles.